The Labute approximate surface area is 171 Å². The normalized spacial score (nSPS) is 33.8. The lowest BCUT2D eigenvalue weighted by atomic mass is 9.75. The van der Waals surface area contributed by atoms with E-state index >= 15 is 0 Å². The quantitative estimate of drug-likeness (QED) is 0.278. The second-order valence-electron chi connectivity index (χ2n) is 8.78. The summed E-state index contributed by atoms with van der Waals surface area (Å²) >= 11 is 0. The first kappa shape index (κ1) is 23.6. The number of allylic oxidation sites excluding steroid dienone is 2. The molecule has 0 aliphatic heterocycles. The van der Waals surface area contributed by atoms with Crippen molar-refractivity contribution in [1.82, 2.24) is 0 Å². The van der Waals surface area contributed by atoms with Gasteiger partial charge in [0.1, 0.15) is 6.10 Å². The van der Waals surface area contributed by atoms with E-state index in [0.29, 0.717) is 30.6 Å². The lowest BCUT2D eigenvalue weighted by Crippen LogP contribution is -2.50. The summed E-state index contributed by atoms with van der Waals surface area (Å²) in [5, 5.41) is -1.27. The molecule has 1 fully saturated rings. The van der Waals surface area contributed by atoms with E-state index in [4.69, 9.17) is 13.8 Å². The summed E-state index contributed by atoms with van der Waals surface area (Å²) in [5.74, 6) is 0.634. The molecule has 0 amide bonds. The number of hydrogen-bond donors (Lipinski definition) is 0. The minimum atomic E-state index is -3.69. The van der Waals surface area contributed by atoms with Gasteiger partial charge in [-0.2, -0.15) is 0 Å². The number of carbonyl (C=O) groups is 1. The van der Waals surface area contributed by atoms with Crippen molar-refractivity contribution in [1.29, 1.82) is 0 Å². The number of rotatable bonds is 8. The van der Waals surface area contributed by atoms with Crippen LogP contribution in [0.2, 0.25) is 0 Å². The van der Waals surface area contributed by atoms with Crippen LogP contribution >= 0.6 is 7.60 Å². The molecule has 0 unspecified atom stereocenters. The molecule has 5 atom stereocenters. The zero-order valence-corrected chi connectivity index (χ0v) is 19.4. The first-order valence-electron chi connectivity index (χ1n) is 11.0. The van der Waals surface area contributed by atoms with Crippen molar-refractivity contribution in [2.45, 2.75) is 84.9 Å². The van der Waals surface area contributed by atoms with E-state index in [1.54, 1.807) is 13.8 Å². The zero-order chi connectivity index (χ0) is 20.9. The maximum atomic E-state index is 13.9. The molecule has 0 heterocycles. The fourth-order valence-electron chi connectivity index (χ4n) is 4.87. The lowest BCUT2D eigenvalue weighted by Gasteiger charge is -2.44. The molecule has 0 saturated heterocycles. The van der Waals surface area contributed by atoms with Crippen molar-refractivity contribution in [3.05, 3.63) is 12.2 Å². The zero-order valence-electron chi connectivity index (χ0n) is 18.5. The Kier molecular flexibility index (Phi) is 8.37. The highest BCUT2D eigenvalue weighted by atomic mass is 31.2. The van der Waals surface area contributed by atoms with Crippen LogP contribution in [-0.2, 0) is 23.1 Å². The van der Waals surface area contributed by atoms with Crippen LogP contribution in [0.1, 0.15) is 73.6 Å². The Morgan fingerprint density at radius 3 is 2.36 bits per heavy atom. The minimum Gasteiger partial charge on any atom is -0.461 e. The molecule has 0 radical (unpaired) electrons. The smallest absolute Gasteiger partial charge is 0.348 e. The van der Waals surface area contributed by atoms with Crippen molar-refractivity contribution < 1.29 is 23.1 Å². The van der Waals surface area contributed by atoms with E-state index in [-0.39, 0.29) is 25.2 Å². The summed E-state index contributed by atoms with van der Waals surface area (Å²) in [5.41, 5.74) is 0. The molecule has 0 N–H and O–H groups in total. The Morgan fingerprint density at radius 2 is 1.82 bits per heavy atom. The molecule has 0 bridgehead atoms. The van der Waals surface area contributed by atoms with Crippen molar-refractivity contribution in [2.75, 3.05) is 13.2 Å². The van der Waals surface area contributed by atoms with Gasteiger partial charge in [-0.1, -0.05) is 46.3 Å². The van der Waals surface area contributed by atoms with Gasteiger partial charge in [0.2, 0.25) is 0 Å². The maximum Gasteiger partial charge on any atom is 0.348 e. The van der Waals surface area contributed by atoms with Crippen molar-refractivity contribution in [3.8, 4) is 0 Å². The molecule has 0 aromatic rings. The summed E-state index contributed by atoms with van der Waals surface area (Å²) in [7, 11) is -3.69. The Bertz CT molecular complexity index is 592. The van der Waals surface area contributed by atoms with Gasteiger partial charge >= 0.3 is 13.6 Å². The van der Waals surface area contributed by atoms with E-state index in [2.05, 4.69) is 20.8 Å². The van der Waals surface area contributed by atoms with Crippen LogP contribution < -0.4 is 0 Å². The summed E-state index contributed by atoms with van der Waals surface area (Å²) in [6.07, 6.45) is 8.04. The first-order chi connectivity index (χ1) is 13.2. The molecule has 2 rings (SSSR count). The summed E-state index contributed by atoms with van der Waals surface area (Å²) in [4.78, 5) is 13.7. The van der Waals surface area contributed by atoms with Gasteiger partial charge in [-0.15, -0.1) is 0 Å². The molecule has 0 spiro atoms. The third-order valence-corrected chi connectivity index (χ3v) is 9.52. The largest absolute Gasteiger partial charge is 0.461 e. The molecule has 2 aliphatic rings. The molecule has 162 valence electrons. The molecular weight excluding hydrogens is 375 g/mol. The monoisotopic (exact) mass is 414 g/mol. The average molecular weight is 415 g/mol. The predicted octanol–water partition coefficient (Wildman–Crippen LogP) is 5.98. The van der Waals surface area contributed by atoms with E-state index in [9.17, 15) is 9.36 Å². The van der Waals surface area contributed by atoms with Crippen molar-refractivity contribution >= 4 is 13.6 Å². The van der Waals surface area contributed by atoms with Crippen LogP contribution in [0, 0.1) is 23.7 Å². The maximum absolute atomic E-state index is 13.9. The topological polar surface area (TPSA) is 61.8 Å². The van der Waals surface area contributed by atoms with E-state index in [0.717, 1.165) is 19.3 Å². The highest BCUT2D eigenvalue weighted by Gasteiger charge is 2.61. The van der Waals surface area contributed by atoms with Crippen LogP contribution in [0.25, 0.3) is 0 Å². The predicted molar refractivity (Wildman–Crippen MR) is 112 cm³/mol. The van der Waals surface area contributed by atoms with E-state index in [1.165, 1.54) is 0 Å². The molecular formula is C22H39O5P. The van der Waals surface area contributed by atoms with Gasteiger partial charge < -0.3 is 13.8 Å². The molecule has 1 saturated carbocycles. The third-order valence-electron chi connectivity index (χ3n) is 6.53. The van der Waals surface area contributed by atoms with Crippen LogP contribution in [0.3, 0.4) is 0 Å². The van der Waals surface area contributed by atoms with E-state index in [1.807, 2.05) is 19.1 Å². The fraction of sp³-hybridized carbons (Fsp3) is 0.864. The minimum absolute atomic E-state index is 0.136. The third kappa shape index (κ3) is 4.57. The van der Waals surface area contributed by atoms with Gasteiger partial charge in [0.25, 0.3) is 0 Å². The van der Waals surface area contributed by atoms with Gasteiger partial charge in [0.15, 0.2) is 5.16 Å². The molecule has 0 aromatic heterocycles. The summed E-state index contributed by atoms with van der Waals surface area (Å²) < 4.78 is 31.4. The Morgan fingerprint density at radius 1 is 1.18 bits per heavy atom. The fourth-order valence-corrected chi connectivity index (χ4v) is 7.35. The second-order valence-corrected chi connectivity index (χ2v) is 11.1. The Balaban J connectivity index is 2.39. The van der Waals surface area contributed by atoms with Crippen LogP contribution in [-0.4, -0.2) is 30.4 Å². The second kappa shape index (κ2) is 9.91. The molecule has 28 heavy (non-hydrogen) atoms. The summed E-state index contributed by atoms with van der Waals surface area (Å²) in [6.45, 7) is 12.5. The number of esters is 1. The lowest BCUT2D eigenvalue weighted by molar-refractivity contribution is -0.161. The van der Waals surface area contributed by atoms with Crippen LogP contribution in [0.4, 0.5) is 0 Å². The van der Waals surface area contributed by atoms with Gasteiger partial charge in [-0.05, 0) is 57.3 Å². The molecule has 6 heteroatoms. The molecule has 2 aliphatic carbocycles. The highest BCUT2D eigenvalue weighted by Crippen LogP contribution is 2.66. The molecule has 0 aromatic carbocycles. The average Bonchev–Trinajstić information content (AvgIpc) is 2.62. The van der Waals surface area contributed by atoms with Gasteiger partial charge in [-0.25, -0.2) is 0 Å². The number of hydrogen-bond acceptors (Lipinski definition) is 5. The van der Waals surface area contributed by atoms with Crippen LogP contribution in [0.15, 0.2) is 12.2 Å². The number of carbonyl (C=O) groups excluding carboxylic acids is 1. The Hall–Kier alpha value is -0.640. The van der Waals surface area contributed by atoms with Crippen molar-refractivity contribution in [3.63, 3.8) is 0 Å². The SMILES string of the molecule is CCOP(=O)(OCC)[C@@]1(C(=O)O[C@@H]2C[C@H](C)CC[C@H]2C(C)C)CCC=C[C@@H]1C. The first-order valence-corrected chi connectivity index (χ1v) is 12.5. The van der Waals surface area contributed by atoms with Crippen LogP contribution in [0.5, 0.6) is 0 Å². The summed E-state index contributed by atoms with van der Waals surface area (Å²) in [6, 6.07) is 0. The van der Waals surface area contributed by atoms with Gasteiger partial charge in [0.05, 0.1) is 13.2 Å². The molecule has 5 nitrogen and oxygen atoms in total. The van der Waals surface area contributed by atoms with Gasteiger partial charge in [0, 0.05) is 5.92 Å². The highest BCUT2D eigenvalue weighted by molar-refractivity contribution is 7.56. The van der Waals surface area contributed by atoms with Crippen molar-refractivity contribution in [2.24, 2.45) is 23.7 Å². The number of ether oxygens (including phenoxy) is 1. The van der Waals surface area contributed by atoms with E-state index < -0.39 is 18.7 Å². The standard InChI is InChI=1S/C22H39O5P/c1-7-25-28(24,26-8-2)22(14-10-9-11-18(22)6)21(23)27-20-15-17(5)12-13-19(20)16(3)4/h9,11,16-20H,7-8,10,12-15H2,1-6H3/t17-,18+,19+,20-,22+/m1/s1. The van der Waals surface area contributed by atoms with Gasteiger partial charge in [-0.3, -0.25) is 9.36 Å².